The molecule has 2 aromatic rings. The van der Waals surface area contributed by atoms with E-state index >= 15 is 0 Å². The molecular weight excluding hydrogens is 310 g/mol. The van der Waals surface area contributed by atoms with Crippen molar-refractivity contribution >= 4 is 5.78 Å². The molecule has 0 radical (unpaired) electrons. The number of ether oxygens (including phenoxy) is 2. The number of rotatable bonds is 8. The lowest BCUT2D eigenvalue weighted by atomic mass is 9.91. The fraction of sp³-hybridized carbons (Fsp3) is 0.278. The van der Waals surface area contributed by atoms with Crippen LogP contribution in [0.5, 0.6) is 11.5 Å². The summed E-state index contributed by atoms with van der Waals surface area (Å²) in [5.41, 5.74) is 1.26. The third-order valence-corrected chi connectivity index (χ3v) is 3.80. The molecule has 0 aliphatic heterocycles. The summed E-state index contributed by atoms with van der Waals surface area (Å²) in [5.74, 6) is 0.699. The molecule has 1 atom stereocenters. The normalized spacial score (nSPS) is 11.6. The summed E-state index contributed by atoms with van der Waals surface area (Å²) in [6.07, 6.45) is 0.0691. The van der Waals surface area contributed by atoms with E-state index < -0.39 is 10.8 Å². The number of carbonyl (C=O) groups excluding carboxylic acids is 1. The van der Waals surface area contributed by atoms with Crippen LogP contribution in [-0.2, 0) is 0 Å². The monoisotopic (exact) mass is 329 g/mol. The number of benzene rings is 2. The van der Waals surface area contributed by atoms with Gasteiger partial charge in [-0.15, -0.1) is 0 Å². The molecule has 0 heterocycles. The zero-order chi connectivity index (χ0) is 17.5. The van der Waals surface area contributed by atoms with Crippen LogP contribution < -0.4 is 9.47 Å². The van der Waals surface area contributed by atoms with Gasteiger partial charge in [-0.1, -0.05) is 12.1 Å². The molecule has 0 aliphatic carbocycles. The number of ketones is 1. The van der Waals surface area contributed by atoms with Gasteiger partial charge >= 0.3 is 0 Å². The van der Waals surface area contributed by atoms with Gasteiger partial charge in [0.25, 0.3) is 0 Å². The Hall–Kier alpha value is -2.89. The molecule has 0 aliphatic rings. The Bertz CT molecular complexity index is 694. The third kappa shape index (κ3) is 4.55. The van der Waals surface area contributed by atoms with E-state index in [9.17, 15) is 14.9 Å². The Kier molecular flexibility index (Phi) is 5.89. The topological polar surface area (TPSA) is 78.7 Å². The van der Waals surface area contributed by atoms with Gasteiger partial charge in [0, 0.05) is 16.9 Å². The minimum atomic E-state index is -0.486. The Morgan fingerprint density at radius 3 is 1.96 bits per heavy atom. The maximum atomic E-state index is 12.4. The number of methoxy groups -OCH3 is 2. The van der Waals surface area contributed by atoms with Crippen LogP contribution in [0.15, 0.2) is 48.5 Å². The van der Waals surface area contributed by atoms with E-state index in [-0.39, 0.29) is 18.7 Å². The van der Waals surface area contributed by atoms with E-state index in [2.05, 4.69) is 0 Å². The van der Waals surface area contributed by atoms with Crippen LogP contribution in [0.2, 0.25) is 0 Å². The molecule has 6 heteroatoms. The first kappa shape index (κ1) is 17.5. The van der Waals surface area contributed by atoms with Crippen LogP contribution in [-0.4, -0.2) is 31.5 Å². The standard InChI is InChI=1S/C18H19NO5/c1-23-16-7-3-13(4-8-16)15(12-19(21)22)11-18(20)14-5-9-17(24-2)10-6-14/h3-10,15H,11-12H2,1-2H3. The molecule has 2 aromatic carbocycles. The number of hydrogen-bond acceptors (Lipinski definition) is 5. The predicted molar refractivity (Wildman–Crippen MR) is 89.5 cm³/mol. The summed E-state index contributed by atoms with van der Waals surface area (Å²) in [4.78, 5) is 23.0. The number of carbonyl (C=O) groups is 1. The molecule has 0 saturated carbocycles. The molecule has 2 rings (SSSR count). The summed E-state index contributed by atoms with van der Waals surface area (Å²) >= 11 is 0. The van der Waals surface area contributed by atoms with E-state index in [1.54, 1.807) is 62.8 Å². The van der Waals surface area contributed by atoms with E-state index in [1.165, 1.54) is 0 Å². The zero-order valence-electron chi connectivity index (χ0n) is 13.6. The SMILES string of the molecule is COc1ccc(C(=O)CC(C[N+](=O)[O-])c2ccc(OC)cc2)cc1. The van der Waals surface area contributed by atoms with Crippen LogP contribution in [0.25, 0.3) is 0 Å². The van der Waals surface area contributed by atoms with E-state index in [4.69, 9.17) is 9.47 Å². The van der Waals surface area contributed by atoms with Crippen LogP contribution in [0.1, 0.15) is 28.3 Å². The highest BCUT2D eigenvalue weighted by Crippen LogP contribution is 2.25. The molecule has 126 valence electrons. The molecule has 0 saturated heterocycles. The predicted octanol–water partition coefficient (Wildman–Crippen LogP) is 3.34. The number of hydrogen-bond donors (Lipinski definition) is 0. The van der Waals surface area contributed by atoms with Gasteiger partial charge in [0.15, 0.2) is 5.78 Å². The molecule has 0 spiro atoms. The molecule has 0 fully saturated rings. The van der Waals surface area contributed by atoms with Gasteiger partial charge in [-0.25, -0.2) is 0 Å². The van der Waals surface area contributed by atoms with Crippen molar-refractivity contribution in [3.8, 4) is 11.5 Å². The maximum absolute atomic E-state index is 12.4. The maximum Gasteiger partial charge on any atom is 0.211 e. The Balaban J connectivity index is 2.17. The van der Waals surface area contributed by atoms with Gasteiger partial charge < -0.3 is 9.47 Å². The average molecular weight is 329 g/mol. The Labute approximate surface area is 140 Å². The van der Waals surface area contributed by atoms with Gasteiger partial charge in [-0.3, -0.25) is 14.9 Å². The number of nitro groups is 1. The van der Waals surface area contributed by atoms with E-state index in [0.717, 1.165) is 5.56 Å². The van der Waals surface area contributed by atoms with Gasteiger partial charge in [0.05, 0.1) is 20.1 Å². The first-order valence-corrected chi connectivity index (χ1v) is 7.46. The lowest BCUT2D eigenvalue weighted by molar-refractivity contribution is -0.483. The Morgan fingerprint density at radius 2 is 1.50 bits per heavy atom. The lowest BCUT2D eigenvalue weighted by Gasteiger charge is -2.13. The Morgan fingerprint density at radius 1 is 1.00 bits per heavy atom. The summed E-state index contributed by atoms with van der Waals surface area (Å²) in [5, 5.41) is 11.0. The van der Waals surface area contributed by atoms with Crippen LogP contribution >= 0.6 is 0 Å². The minimum Gasteiger partial charge on any atom is -0.497 e. The largest absolute Gasteiger partial charge is 0.497 e. The summed E-state index contributed by atoms with van der Waals surface area (Å²) in [6, 6.07) is 13.7. The van der Waals surface area contributed by atoms with Crippen molar-refractivity contribution in [3.63, 3.8) is 0 Å². The quantitative estimate of drug-likeness (QED) is 0.422. The molecule has 24 heavy (non-hydrogen) atoms. The smallest absolute Gasteiger partial charge is 0.211 e. The highest BCUT2D eigenvalue weighted by molar-refractivity contribution is 5.96. The number of Topliss-reactive ketones (excluding diaryl/α,β-unsaturated/α-hetero) is 1. The van der Waals surface area contributed by atoms with Crippen LogP contribution in [0.4, 0.5) is 0 Å². The second kappa shape index (κ2) is 8.10. The third-order valence-electron chi connectivity index (χ3n) is 3.80. The van der Waals surface area contributed by atoms with Crippen molar-refractivity contribution in [2.24, 2.45) is 0 Å². The van der Waals surface area contributed by atoms with Gasteiger partial charge in [0.2, 0.25) is 6.54 Å². The van der Waals surface area contributed by atoms with E-state index in [0.29, 0.717) is 17.1 Å². The molecule has 1 unspecified atom stereocenters. The molecule has 6 nitrogen and oxygen atoms in total. The molecular formula is C18H19NO5. The summed E-state index contributed by atoms with van der Waals surface area (Å²) < 4.78 is 10.2. The first-order chi connectivity index (χ1) is 11.5. The minimum absolute atomic E-state index is 0.0691. The van der Waals surface area contributed by atoms with E-state index in [1.807, 2.05) is 0 Å². The zero-order valence-corrected chi connectivity index (χ0v) is 13.6. The fourth-order valence-electron chi connectivity index (χ4n) is 2.46. The van der Waals surface area contributed by atoms with Crippen LogP contribution in [0.3, 0.4) is 0 Å². The summed E-state index contributed by atoms with van der Waals surface area (Å²) in [6.45, 7) is -0.297. The lowest BCUT2D eigenvalue weighted by Crippen LogP contribution is -2.16. The average Bonchev–Trinajstić information content (AvgIpc) is 2.61. The van der Waals surface area contributed by atoms with Crippen molar-refractivity contribution in [2.45, 2.75) is 12.3 Å². The van der Waals surface area contributed by atoms with Gasteiger partial charge in [0.1, 0.15) is 11.5 Å². The second-order valence-corrected chi connectivity index (χ2v) is 5.34. The highest BCUT2D eigenvalue weighted by Gasteiger charge is 2.22. The van der Waals surface area contributed by atoms with Crippen molar-refractivity contribution in [2.75, 3.05) is 20.8 Å². The molecule has 0 N–H and O–H groups in total. The van der Waals surface area contributed by atoms with Crippen molar-refractivity contribution < 1.29 is 19.2 Å². The first-order valence-electron chi connectivity index (χ1n) is 7.46. The highest BCUT2D eigenvalue weighted by atomic mass is 16.6. The number of nitrogens with zero attached hydrogens (tertiary/aromatic N) is 1. The van der Waals surface area contributed by atoms with Gasteiger partial charge in [-0.2, -0.15) is 0 Å². The molecule has 0 bridgehead atoms. The second-order valence-electron chi connectivity index (χ2n) is 5.34. The fourth-order valence-corrected chi connectivity index (χ4v) is 2.46. The molecule has 0 aromatic heterocycles. The van der Waals surface area contributed by atoms with Crippen molar-refractivity contribution in [3.05, 3.63) is 69.8 Å². The molecule has 0 amide bonds. The van der Waals surface area contributed by atoms with Crippen molar-refractivity contribution in [1.29, 1.82) is 0 Å². The van der Waals surface area contributed by atoms with Gasteiger partial charge in [-0.05, 0) is 42.0 Å². The van der Waals surface area contributed by atoms with Crippen LogP contribution in [0, 0.1) is 10.1 Å². The van der Waals surface area contributed by atoms with Crippen molar-refractivity contribution in [1.82, 2.24) is 0 Å². The summed E-state index contributed by atoms with van der Waals surface area (Å²) in [7, 11) is 3.10.